The van der Waals surface area contributed by atoms with E-state index < -0.39 is 6.10 Å². The second kappa shape index (κ2) is 5.99. The first kappa shape index (κ1) is 14.4. The fourth-order valence-electron chi connectivity index (χ4n) is 2.62. The number of halogens is 1. The van der Waals surface area contributed by atoms with Gasteiger partial charge >= 0.3 is 0 Å². The zero-order valence-corrected chi connectivity index (χ0v) is 11.9. The largest absolute Gasteiger partial charge is 0.388 e. The molecular formula is C15H23FN2O. The van der Waals surface area contributed by atoms with E-state index in [2.05, 4.69) is 23.9 Å². The highest BCUT2D eigenvalue weighted by Crippen LogP contribution is 2.23. The highest BCUT2D eigenvalue weighted by molar-refractivity contribution is 5.25. The first-order valence-electron chi connectivity index (χ1n) is 6.80. The van der Waals surface area contributed by atoms with Gasteiger partial charge in [-0.3, -0.25) is 0 Å². The maximum atomic E-state index is 13.2. The Labute approximate surface area is 114 Å². The van der Waals surface area contributed by atoms with Gasteiger partial charge in [-0.05, 0) is 44.6 Å². The van der Waals surface area contributed by atoms with E-state index >= 15 is 0 Å². The molecule has 0 aromatic heterocycles. The summed E-state index contributed by atoms with van der Waals surface area (Å²) in [5, 5.41) is 10.3. The minimum atomic E-state index is -0.529. The first-order chi connectivity index (χ1) is 8.97. The molecule has 0 amide bonds. The van der Waals surface area contributed by atoms with Crippen LogP contribution in [-0.4, -0.2) is 54.7 Å². The van der Waals surface area contributed by atoms with Gasteiger partial charge in [0.15, 0.2) is 0 Å². The van der Waals surface area contributed by atoms with Gasteiger partial charge in [0.1, 0.15) is 5.82 Å². The predicted octanol–water partition coefficient (Wildman–Crippen LogP) is 1.80. The summed E-state index contributed by atoms with van der Waals surface area (Å²) in [5.74, 6) is -0.217. The van der Waals surface area contributed by atoms with Crippen LogP contribution in [0.2, 0.25) is 0 Å². The van der Waals surface area contributed by atoms with E-state index in [1.54, 1.807) is 19.1 Å². The van der Waals surface area contributed by atoms with Crippen molar-refractivity contribution in [3.8, 4) is 0 Å². The molecular weight excluding hydrogens is 243 g/mol. The Morgan fingerprint density at radius 3 is 2.79 bits per heavy atom. The van der Waals surface area contributed by atoms with Crippen LogP contribution in [0.3, 0.4) is 0 Å². The molecule has 2 rings (SSSR count). The molecule has 1 fully saturated rings. The van der Waals surface area contributed by atoms with Gasteiger partial charge in [0, 0.05) is 25.7 Å². The molecule has 106 valence electrons. The molecule has 0 aliphatic carbocycles. The van der Waals surface area contributed by atoms with Gasteiger partial charge in [-0.2, -0.15) is 0 Å². The predicted molar refractivity (Wildman–Crippen MR) is 74.6 cm³/mol. The number of benzene rings is 1. The van der Waals surface area contributed by atoms with Gasteiger partial charge < -0.3 is 14.9 Å². The third kappa shape index (κ3) is 3.53. The maximum Gasteiger partial charge on any atom is 0.126 e. The van der Waals surface area contributed by atoms with Crippen molar-refractivity contribution in [2.75, 3.05) is 33.7 Å². The van der Waals surface area contributed by atoms with Crippen LogP contribution in [0.4, 0.5) is 4.39 Å². The second-order valence-corrected chi connectivity index (χ2v) is 5.66. The van der Waals surface area contributed by atoms with E-state index in [9.17, 15) is 9.50 Å². The van der Waals surface area contributed by atoms with Gasteiger partial charge in [0.05, 0.1) is 6.10 Å². The number of aliphatic hydroxyl groups is 1. The van der Waals surface area contributed by atoms with Crippen molar-refractivity contribution in [2.45, 2.75) is 25.5 Å². The Morgan fingerprint density at radius 1 is 1.37 bits per heavy atom. The first-order valence-corrected chi connectivity index (χ1v) is 6.80. The summed E-state index contributed by atoms with van der Waals surface area (Å²) in [6.45, 7) is 4.79. The third-order valence-electron chi connectivity index (χ3n) is 4.04. The molecule has 1 N–H and O–H groups in total. The van der Waals surface area contributed by atoms with Crippen LogP contribution in [-0.2, 0) is 0 Å². The molecule has 1 aromatic carbocycles. The van der Waals surface area contributed by atoms with Crippen molar-refractivity contribution in [3.05, 3.63) is 35.1 Å². The van der Waals surface area contributed by atoms with E-state index in [4.69, 9.17) is 0 Å². The molecule has 0 bridgehead atoms. The van der Waals surface area contributed by atoms with Gasteiger partial charge in [-0.1, -0.05) is 12.1 Å². The number of likely N-dealkylation sites (N-methyl/N-ethyl adjacent to an activating group) is 2. The number of nitrogens with zero attached hydrogens (tertiary/aromatic N) is 2. The highest BCUT2D eigenvalue weighted by atomic mass is 19.1. The van der Waals surface area contributed by atoms with Crippen LogP contribution >= 0.6 is 0 Å². The number of piperazine rings is 1. The summed E-state index contributed by atoms with van der Waals surface area (Å²) in [4.78, 5) is 4.58. The minimum Gasteiger partial charge on any atom is -0.388 e. The number of aliphatic hydroxyl groups excluding tert-OH is 1. The van der Waals surface area contributed by atoms with E-state index in [0.29, 0.717) is 18.0 Å². The zero-order chi connectivity index (χ0) is 14.0. The van der Waals surface area contributed by atoms with Crippen LogP contribution in [0.5, 0.6) is 0 Å². The van der Waals surface area contributed by atoms with Crippen molar-refractivity contribution < 1.29 is 9.50 Å². The summed E-state index contributed by atoms with van der Waals surface area (Å²) >= 11 is 0. The Morgan fingerprint density at radius 2 is 2.11 bits per heavy atom. The van der Waals surface area contributed by atoms with E-state index in [-0.39, 0.29) is 5.82 Å². The van der Waals surface area contributed by atoms with Crippen LogP contribution in [0.15, 0.2) is 18.2 Å². The van der Waals surface area contributed by atoms with Crippen molar-refractivity contribution in [2.24, 2.45) is 0 Å². The molecule has 1 aliphatic heterocycles. The smallest absolute Gasteiger partial charge is 0.126 e. The molecule has 1 saturated heterocycles. The lowest BCUT2D eigenvalue weighted by Crippen LogP contribution is -2.50. The van der Waals surface area contributed by atoms with Crippen molar-refractivity contribution in [1.29, 1.82) is 0 Å². The van der Waals surface area contributed by atoms with Crippen LogP contribution in [0.1, 0.15) is 23.7 Å². The summed E-state index contributed by atoms with van der Waals surface area (Å²) in [6, 6.07) is 5.20. The summed E-state index contributed by atoms with van der Waals surface area (Å²) in [6.07, 6.45) is 0.157. The molecule has 0 radical (unpaired) electrons. The lowest BCUT2D eigenvalue weighted by molar-refractivity contribution is 0.0634. The summed E-state index contributed by atoms with van der Waals surface area (Å²) in [7, 11) is 4.20. The molecule has 0 spiro atoms. The van der Waals surface area contributed by atoms with Crippen molar-refractivity contribution in [3.63, 3.8) is 0 Å². The third-order valence-corrected chi connectivity index (χ3v) is 4.04. The zero-order valence-electron chi connectivity index (χ0n) is 11.9. The van der Waals surface area contributed by atoms with Crippen LogP contribution < -0.4 is 0 Å². The number of aryl methyl sites for hydroxylation is 1. The Bertz CT molecular complexity index is 438. The normalized spacial score (nSPS) is 23.5. The van der Waals surface area contributed by atoms with Crippen LogP contribution in [0.25, 0.3) is 0 Å². The van der Waals surface area contributed by atoms with Gasteiger partial charge in [0.25, 0.3) is 0 Å². The SMILES string of the molecule is Cc1cc(C(O)CC2CN(C)CCN2C)ccc1F. The number of hydrogen-bond donors (Lipinski definition) is 1. The minimum absolute atomic E-state index is 0.217. The van der Waals surface area contributed by atoms with E-state index in [1.807, 2.05) is 0 Å². The topological polar surface area (TPSA) is 26.7 Å². The molecule has 2 atom stereocenters. The Hall–Kier alpha value is -0.970. The summed E-state index contributed by atoms with van der Waals surface area (Å²) < 4.78 is 13.2. The number of hydrogen-bond acceptors (Lipinski definition) is 3. The lowest BCUT2D eigenvalue weighted by atomic mass is 9.98. The quantitative estimate of drug-likeness (QED) is 0.904. The molecule has 19 heavy (non-hydrogen) atoms. The molecule has 1 aliphatic rings. The lowest BCUT2D eigenvalue weighted by Gasteiger charge is -2.38. The van der Waals surface area contributed by atoms with Crippen molar-refractivity contribution in [1.82, 2.24) is 9.80 Å². The van der Waals surface area contributed by atoms with Gasteiger partial charge in [0.2, 0.25) is 0 Å². The maximum absolute atomic E-state index is 13.2. The van der Waals surface area contributed by atoms with Gasteiger partial charge in [-0.15, -0.1) is 0 Å². The fraction of sp³-hybridized carbons (Fsp3) is 0.600. The van der Waals surface area contributed by atoms with E-state index in [1.165, 1.54) is 6.07 Å². The highest BCUT2D eigenvalue weighted by Gasteiger charge is 2.25. The molecule has 1 aromatic rings. The summed E-state index contributed by atoms with van der Waals surface area (Å²) in [5.41, 5.74) is 1.39. The Kier molecular flexibility index (Phi) is 4.55. The standard InChI is InChI=1S/C15H23FN2O/c1-11-8-12(4-5-14(11)16)15(19)9-13-10-17(2)6-7-18(13)3/h4-5,8,13,15,19H,6-7,9-10H2,1-3H3. The van der Waals surface area contributed by atoms with Crippen molar-refractivity contribution >= 4 is 0 Å². The fourth-order valence-corrected chi connectivity index (χ4v) is 2.62. The second-order valence-electron chi connectivity index (χ2n) is 5.66. The Balaban J connectivity index is 2.03. The van der Waals surface area contributed by atoms with Crippen LogP contribution in [0, 0.1) is 12.7 Å². The average molecular weight is 266 g/mol. The average Bonchev–Trinajstić information content (AvgIpc) is 2.37. The van der Waals surface area contributed by atoms with E-state index in [0.717, 1.165) is 25.2 Å². The monoisotopic (exact) mass is 266 g/mol. The molecule has 4 heteroatoms. The molecule has 1 heterocycles. The van der Waals surface area contributed by atoms with Gasteiger partial charge in [-0.25, -0.2) is 4.39 Å². The molecule has 2 unspecified atom stereocenters. The number of rotatable bonds is 3. The molecule has 3 nitrogen and oxygen atoms in total. The molecule has 0 saturated carbocycles.